The van der Waals surface area contributed by atoms with Crippen molar-refractivity contribution in [3.05, 3.63) is 66.6 Å². The fraction of sp³-hybridized carbons (Fsp3) is 0.190. The van der Waals surface area contributed by atoms with Crippen LogP contribution in [0.3, 0.4) is 0 Å². The summed E-state index contributed by atoms with van der Waals surface area (Å²) < 4.78 is 30.0. The van der Waals surface area contributed by atoms with Crippen molar-refractivity contribution in [1.82, 2.24) is 4.98 Å². The molecule has 0 amide bonds. The molecule has 1 aliphatic heterocycles. The average Bonchev–Trinajstić information content (AvgIpc) is 3.40. The normalized spacial score (nSPS) is 15.7. The van der Waals surface area contributed by atoms with E-state index in [4.69, 9.17) is 13.9 Å². The number of aliphatic carboxylic acids is 1. The summed E-state index contributed by atoms with van der Waals surface area (Å²) in [5, 5.41) is 15.4. The highest BCUT2D eigenvalue weighted by Gasteiger charge is 2.32. The maximum Gasteiger partial charge on any atom is 0.305 e. The van der Waals surface area contributed by atoms with Crippen molar-refractivity contribution in [2.45, 2.75) is 18.9 Å². The second kappa shape index (κ2) is 8.24. The number of carboxylic acids is 1. The highest BCUT2D eigenvalue weighted by molar-refractivity contribution is 5.99. The molecule has 1 unspecified atom stereocenters. The van der Waals surface area contributed by atoms with E-state index in [1.807, 2.05) is 0 Å². The van der Waals surface area contributed by atoms with Gasteiger partial charge in [0.15, 0.2) is 11.6 Å². The van der Waals surface area contributed by atoms with Gasteiger partial charge < -0.3 is 19.0 Å². The lowest BCUT2D eigenvalue weighted by Crippen LogP contribution is -2.28. The number of ether oxygens (including phenoxy) is 2. The van der Waals surface area contributed by atoms with Crippen LogP contribution >= 0.6 is 0 Å². The van der Waals surface area contributed by atoms with Crippen LogP contribution in [0.1, 0.15) is 18.7 Å². The molecule has 154 valence electrons. The highest BCUT2D eigenvalue weighted by Crippen LogP contribution is 2.32. The molecule has 3 aromatic rings. The average molecular weight is 411 g/mol. The van der Waals surface area contributed by atoms with Crippen molar-refractivity contribution in [1.29, 1.82) is 0 Å². The number of hydrogen-bond acceptors (Lipinski definition) is 7. The van der Waals surface area contributed by atoms with Crippen LogP contribution in [0.25, 0.3) is 0 Å². The smallest absolute Gasteiger partial charge is 0.305 e. The number of benzene rings is 2. The van der Waals surface area contributed by atoms with Gasteiger partial charge in [-0.3, -0.25) is 9.80 Å². The SMILES string of the molecule is COc1ccc(F)c(Oc2ccc(N3N=C(c4ncco4)CC3CC(=O)O)cc2)c1. The predicted molar refractivity (Wildman–Crippen MR) is 106 cm³/mol. The third kappa shape index (κ3) is 4.09. The van der Waals surface area contributed by atoms with Crippen molar-refractivity contribution in [3.8, 4) is 17.2 Å². The van der Waals surface area contributed by atoms with Crippen LogP contribution in [0.15, 0.2) is 64.4 Å². The zero-order valence-corrected chi connectivity index (χ0v) is 16.0. The lowest BCUT2D eigenvalue weighted by Gasteiger charge is -2.22. The topological polar surface area (TPSA) is 97.4 Å². The van der Waals surface area contributed by atoms with Crippen LogP contribution in [0.2, 0.25) is 0 Å². The van der Waals surface area contributed by atoms with Gasteiger partial charge in [0.05, 0.1) is 31.5 Å². The van der Waals surface area contributed by atoms with Crippen molar-refractivity contribution in [3.63, 3.8) is 0 Å². The van der Waals surface area contributed by atoms with E-state index in [1.54, 1.807) is 29.3 Å². The minimum absolute atomic E-state index is 0.0382. The highest BCUT2D eigenvalue weighted by atomic mass is 19.1. The van der Waals surface area contributed by atoms with Gasteiger partial charge in [0.25, 0.3) is 0 Å². The van der Waals surface area contributed by atoms with Gasteiger partial charge in [-0.15, -0.1) is 0 Å². The molecule has 1 aliphatic rings. The van der Waals surface area contributed by atoms with Crippen LogP contribution < -0.4 is 14.5 Å². The third-order valence-electron chi connectivity index (χ3n) is 4.56. The molecule has 30 heavy (non-hydrogen) atoms. The number of anilines is 1. The largest absolute Gasteiger partial charge is 0.497 e. The Hall–Kier alpha value is -3.88. The van der Waals surface area contributed by atoms with Crippen LogP contribution in [-0.4, -0.2) is 34.9 Å². The van der Waals surface area contributed by atoms with E-state index in [1.165, 1.54) is 37.8 Å². The van der Waals surface area contributed by atoms with Gasteiger partial charge in [0.1, 0.15) is 23.5 Å². The summed E-state index contributed by atoms with van der Waals surface area (Å²) in [6.07, 6.45) is 3.24. The maximum atomic E-state index is 14.0. The zero-order chi connectivity index (χ0) is 21.1. The lowest BCUT2D eigenvalue weighted by atomic mass is 10.1. The Balaban J connectivity index is 1.56. The predicted octanol–water partition coefficient (Wildman–Crippen LogP) is 4.07. The van der Waals surface area contributed by atoms with Crippen molar-refractivity contribution < 1.29 is 28.2 Å². The summed E-state index contributed by atoms with van der Waals surface area (Å²) in [6.45, 7) is 0. The molecule has 0 aliphatic carbocycles. The summed E-state index contributed by atoms with van der Waals surface area (Å²) in [6, 6.07) is 10.6. The van der Waals surface area contributed by atoms with E-state index >= 15 is 0 Å². The number of aromatic nitrogens is 1. The van der Waals surface area contributed by atoms with Crippen molar-refractivity contribution in [2.75, 3.05) is 12.1 Å². The maximum absolute atomic E-state index is 14.0. The number of carbonyl (C=O) groups is 1. The van der Waals surface area contributed by atoms with Crippen LogP contribution in [0.5, 0.6) is 17.2 Å². The molecular formula is C21H18FN3O5. The number of rotatable bonds is 7. The number of hydrogen-bond donors (Lipinski definition) is 1. The monoisotopic (exact) mass is 411 g/mol. The van der Waals surface area contributed by atoms with E-state index in [0.29, 0.717) is 35.2 Å². The minimum Gasteiger partial charge on any atom is -0.497 e. The Labute approximate surface area is 171 Å². The number of carboxylic acid groups (broad SMARTS) is 1. The molecule has 0 saturated heterocycles. The van der Waals surface area contributed by atoms with Gasteiger partial charge in [0, 0.05) is 12.5 Å². The first-order valence-corrected chi connectivity index (χ1v) is 9.13. The van der Waals surface area contributed by atoms with Gasteiger partial charge in [0.2, 0.25) is 5.89 Å². The molecular weight excluding hydrogens is 393 g/mol. The van der Waals surface area contributed by atoms with Crippen LogP contribution in [0.4, 0.5) is 10.1 Å². The molecule has 0 bridgehead atoms. The number of hydrazone groups is 1. The summed E-state index contributed by atoms with van der Waals surface area (Å²) in [5.41, 5.74) is 1.24. The van der Waals surface area contributed by atoms with E-state index in [2.05, 4.69) is 10.1 Å². The summed E-state index contributed by atoms with van der Waals surface area (Å²) in [5.74, 6) is -0.150. The van der Waals surface area contributed by atoms with Gasteiger partial charge in [-0.2, -0.15) is 5.10 Å². The first kappa shape index (κ1) is 19.4. The van der Waals surface area contributed by atoms with Crippen molar-refractivity contribution in [2.24, 2.45) is 5.10 Å². The second-order valence-electron chi connectivity index (χ2n) is 6.58. The molecule has 4 rings (SSSR count). The molecule has 0 radical (unpaired) electrons. The van der Waals surface area contributed by atoms with Gasteiger partial charge in [-0.25, -0.2) is 9.37 Å². The second-order valence-corrected chi connectivity index (χ2v) is 6.58. The summed E-state index contributed by atoms with van der Waals surface area (Å²) in [7, 11) is 1.49. The molecule has 2 aromatic carbocycles. The van der Waals surface area contributed by atoms with E-state index in [-0.39, 0.29) is 18.2 Å². The first-order valence-electron chi connectivity index (χ1n) is 9.13. The van der Waals surface area contributed by atoms with Crippen LogP contribution in [0, 0.1) is 5.82 Å². The minimum atomic E-state index is -0.928. The number of oxazole rings is 1. The fourth-order valence-corrected chi connectivity index (χ4v) is 3.17. The fourth-order valence-electron chi connectivity index (χ4n) is 3.17. The standard InChI is InChI=1S/C21H18FN3O5/c1-28-16-6-7-17(22)19(12-16)30-15-4-2-13(3-5-15)25-14(11-20(26)27)10-18(24-25)21-23-8-9-29-21/h2-9,12,14H,10-11H2,1H3,(H,26,27). The molecule has 1 atom stereocenters. The molecule has 0 saturated carbocycles. The molecule has 0 fully saturated rings. The molecule has 0 spiro atoms. The quantitative estimate of drug-likeness (QED) is 0.626. The summed E-state index contributed by atoms with van der Waals surface area (Å²) in [4.78, 5) is 15.4. The third-order valence-corrected chi connectivity index (χ3v) is 4.56. The molecule has 1 N–H and O–H groups in total. The zero-order valence-electron chi connectivity index (χ0n) is 16.0. The summed E-state index contributed by atoms with van der Waals surface area (Å²) >= 11 is 0. The Morgan fingerprint density at radius 2 is 2.03 bits per heavy atom. The molecule has 2 heterocycles. The van der Waals surface area contributed by atoms with E-state index in [9.17, 15) is 14.3 Å². The molecule has 8 nitrogen and oxygen atoms in total. The van der Waals surface area contributed by atoms with Crippen molar-refractivity contribution >= 4 is 17.4 Å². The van der Waals surface area contributed by atoms with E-state index in [0.717, 1.165) is 0 Å². The van der Waals surface area contributed by atoms with Gasteiger partial charge in [-0.05, 0) is 36.4 Å². The molecule has 9 heteroatoms. The Bertz CT molecular complexity index is 1070. The van der Waals surface area contributed by atoms with Gasteiger partial charge >= 0.3 is 5.97 Å². The molecule has 1 aromatic heterocycles. The number of halogens is 1. The number of nitrogens with zero attached hydrogens (tertiary/aromatic N) is 3. The Kier molecular flexibility index (Phi) is 5.34. The van der Waals surface area contributed by atoms with Gasteiger partial charge in [-0.1, -0.05) is 0 Å². The number of methoxy groups -OCH3 is 1. The van der Waals surface area contributed by atoms with Crippen LogP contribution in [-0.2, 0) is 4.79 Å². The lowest BCUT2D eigenvalue weighted by molar-refractivity contribution is -0.137. The van der Waals surface area contributed by atoms with E-state index < -0.39 is 11.8 Å². The Morgan fingerprint density at radius 1 is 1.27 bits per heavy atom. The first-order chi connectivity index (χ1) is 14.5. The Morgan fingerprint density at radius 3 is 2.70 bits per heavy atom.